The summed E-state index contributed by atoms with van der Waals surface area (Å²) in [5.74, 6) is 1.83. The van der Waals surface area contributed by atoms with E-state index in [1.54, 1.807) is 0 Å². The van der Waals surface area contributed by atoms with Gasteiger partial charge in [-0.2, -0.15) is 0 Å². The lowest BCUT2D eigenvalue weighted by atomic mass is 9.87. The van der Waals surface area contributed by atoms with Gasteiger partial charge in [0.1, 0.15) is 11.5 Å². The van der Waals surface area contributed by atoms with Crippen molar-refractivity contribution >= 4 is 53.9 Å². The van der Waals surface area contributed by atoms with E-state index in [4.69, 9.17) is 4.74 Å². The minimum atomic E-state index is 0.903. The summed E-state index contributed by atoms with van der Waals surface area (Å²) in [6.45, 7) is 0. The van der Waals surface area contributed by atoms with Crippen molar-refractivity contribution in [2.24, 2.45) is 0 Å². The smallest absolute Gasteiger partial charge is 0.135 e. The Kier molecular flexibility index (Phi) is 5.06. The maximum Gasteiger partial charge on any atom is 0.135 e. The zero-order valence-electron chi connectivity index (χ0n) is 24.4. The van der Waals surface area contributed by atoms with Gasteiger partial charge in [0.2, 0.25) is 0 Å². The van der Waals surface area contributed by atoms with E-state index in [9.17, 15) is 0 Å². The van der Waals surface area contributed by atoms with Crippen molar-refractivity contribution in [3.63, 3.8) is 0 Å². The molecule has 0 aromatic heterocycles. The van der Waals surface area contributed by atoms with Gasteiger partial charge >= 0.3 is 0 Å². The number of fused-ring (bicyclic) bond motifs is 10. The Balaban J connectivity index is 1.20. The molecule has 0 N–H and O–H groups in total. The number of hydrogen-bond acceptors (Lipinski definition) is 1. The Morgan fingerprint density at radius 2 is 0.889 bits per heavy atom. The highest BCUT2D eigenvalue weighted by molar-refractivity contribution is 6.33. The largest absolute Gasteiger partial charge is 0.456 e. The number of rotatable bonds is 2. The second-order valence-corrected chi connectivity index (χ2v) is 12.0. The molecule has 0 saturated heterocycles. The Morgan fingerprint density at radius 1 is 0.289 bits per heavy atom. The third-order valence-corrected chi connectivity index (χ3v) is 9.61. The summed E-state index contributed by atoms with van der Waals surface area (Å²) in [6, 6.07) is 57.4. The van der Waals surface area contributed by atoms with Gasteiger partial charge < -0.3 is 4.74 Å². The molecule has 1 aliphatic heterocycles. The summed E-state index contributed by atoms with van der Waals surface area (Å²) >= 11 is 0. The fraction of sp³-hybridized carbons (Fsp3) is 0. The molecule has 0 unspecified atom stereocenters. The van der Waals surface area contributed by atoms with E-state index in [0.717, 1.165) is 17.1 Å². The maximum atomic E-state index is 6.39. The van der Waals surface area contributed by atoms with Crippen molar-refractivity contribution in [1.29, 1.82) is 0 Å². The topological polar surface area (TPSA) is 9.23 Å². The molecule has 0 atom stereocenters. The molecule has 45 heavy (non-hydrogen) atoms. The van der Waals surface area contributed by atoms with Crippen LogP contribution in [0.5, 0.6) is 11.5 Å². The van der Waals surface area contributed by atoms with Crippen LogP contribution in [0.3, 0.4) is 0 Å². The molecule has 1 heterocycles. The van der Waals surface area contributed by atoms with Gasteiger partial charge in [0.25, 0.3) is 0 Å². The molecule has 9 aromatic carbocycles. The summed E-state index contributed by atoms with van der Waals surface area (Å²) in [6.07, 6.45) is 0. The third kappa shape index (κ3) is 3.56. The molecule has 1 heteroatoms. The fourth-order valence-electron chi connectivity index (χ4n) is 7.62. The molecule has 0 fully saturated rings. The predicted octanol–water partition coefficient (Wildman–Crippen LogP) is 12.6. The van der Waals surface area contributed by atoms with E-state index in [2.05, 4.69) is 158 Å². The second kappa shape index (κ2) is 9.29. The Labute approximate surface area is 260 Å². The first kappa shape index (κ1) is 24.5. The lowest BCUT2D eigenvalue weighted by Crippen LogP contribution is -1.97. The highest BCUT2D eigenvalue weighted by Gasteiger charge is 2.21. The Morgan fingerprint density at radius 3 is 1.69 bits per heavy atom. The van der Waals surface area contributed by atoms with Crippen molar-refractivity contribution in [3.8, 4) is 44.9 Å². The highest BCUT2D eigenvalue weighted by atomic mass is 16.5. The zero-order chi connectivity index (χ0) is 29.5. The first-order valence-corrected chi connectivity index (χ1v) is 15.5. The van der Waals surface area contributed by atoms with Crippen LogP contribution in [0.2, 0.25) is 0 Å². The monoisotopic (exact) mass is 570 g/mol. The van der Waals surface area contributed by atoms with Crippen LogP contribution in [0.1, 0.15) is 0 Å². The average molecular weight is 571 g/mol. The molecule has 0 amide bonds. The third-order valence-electron chi connectivity index (χ3n) is 9.61. The van der Waals surface area contributed by atoms with Crippen molar-refractivity contribution in [3.05, 3.63) is 158 Å². The lowest BCUT2D eigenvalue weighted by Gasteiger charge is -2.22. The molecule has 0 spiro atoms. The summed E-state index contributed by atoms with van der Waals surface area (Å²) in [5, 5.41) is 12.7. The van der Waals surface area contributed by atoms with Crippen molar-refractivity contribution in [2.75, 3.05) is 0 Å². The van der Waals surface area contributed by atoms with Crippen LogP contribution in [0.4, 0.5) is 0 Å². The molecule has 208 valence electrons. The molecular formula is C44H26O. The number of benzene rings is 9. The first-order valence-electron chi connectivity index (χ1n) is 15.5. The fourth-order valence-corrected chi connectivity index (χ4v) is 7.62. The van der Waals surface area contributed by atoms with Gasteiger partial charge in [0.15, 0.2) is 0 Å². The van der Waals surface area contributed by atoms with Crippen molar-refractivity contribution < 1.29 is 4.74 Å². The summed E-state index contributed by atoms with van der Waals surface area (Å²) in [4.78, 5) is 0. The van der Waals surface area contributed by atoms with Crippen LogP contribution in [-0.4, -0.2) is 0 Å². The molecule has 0 radical (unpaired) electrons. The van der Waals surface area contributed by atoms with Gasteiger partial charge in [0.05, 0.1) is 0 Å². The van der Waals surface area contributed by atoms with Gasteiger partial charge in [-0.05, 0) is 107 Å². The number of ether oxygens (including phenoxy) is 1. The van der Waals surface area contributed by atoms with Gasteiger partial charge in [-0.1, -0.05) is 127 Å². The summed E-state index contributed by atoms with van der Waals surface area (Å²) < 4.78 is 6.39. The Hall–Kier alpha value is -5.92. The van der Waals surface area contributed by atoms with Crippen molar-refractivity contribution in [2.45, 2.75) is 0 Å². The molecular weight excluding hydrogens is 544 g/mol. The van der Waals surface area contributed by atoms with E-state index >= 15 is 0 Å². The maximum absolute atomic E-state index is 6.39. The first-order chi connectivity index (χ1) is 22.3. The van der Waals surface area contributed by atoms with Crippen molar-refractivity contribution in [1.82, 2.24) is 0 Å². The van der Waals surface area contributed by atoms with Crippen LogP contribution in [0.25, 0.3) is 87.2 Å². The normalized spacial score (nSPS) is 12.2. The van der Waals surface area contributed by atoms with E-state index in [-0.39, 0.29) is 0 Å². The molecule has 0 aliphatic carbocycles. The summed E-state index contributed by atoms with van der Waals surface area (Å²) in [7, 11) is 0. The standard InChI is InChI=1S/C44H26O/c1-2-16-33-31(14-1)32-15-3-5-18-35(32)44-36-19-6-4-17-34(36)38(26-40(33)44)30-13-7-12-28(24-30)29-22-23-41-39(25-29)37-20-8-10-27-11-9-21-42(45-41)43(27)37/h1-26H. The second-order valence-electron chi connectivity index (χ2n) is 12.0. The minimum Gasteiger partial charge on any atom is -0.456 e. The van der Waals surface area contributed by atoms with Gasteiger partial charge in [-0.15, -0.1) is 0 Å². The molecule has 1 nitrogen and oxygen atoms in total. The van der Waals surface area contributed by atoms with E-state index < -0.39 is 0 Å². The SMILES string of the molecule is c1cc(-c2ccc3c(c2)-c2cccc4cccc(c24)O3)cc(-c2cc3c4ccccc4c4ccccc4c3c3ccccc23)c1. The number of hydrogen-bond donors (Lipinski definition) is 0. The van der Waals surface area contributed by atoms with E-state index in [0.29, 0.717) is 0 Å². The highest BCUT2D eigenvalue weighted by Crippen LogP contribution is 2.48. The summed E-state index contributed by atoms with van der Waals surface area (Å²) in [5.41, 5.74) is 7.19. The molecule has 0 bridgehead atoms. The lowest BCUT2D eigenvalue weighted by molar-refractivity contribution is 0.487. The van der Waals surface area contributed by atoms with Crippen LogP contribution in [-0.2, 0) is 0 Å². The molecule has 9 aromatic rings. The van der Waals surface area contributed by atoms with Crippen LogP contribution < -0.4 is 4.74 Å². The van der Waals surface area contributed by atoms with Gasteiger partial charge in [-0.3, -0.25) is 0 Å². The van der Waals surface area contributed by atoms with Gasteiger partial charge in [0, 0.05) is 10.9 Å². The van der Waals surface area contributed by atoms with Gasteiger partial charge in [-0.25, -0.2) is 0 Å². The van der Waals surface area contributed by atoms with E-state index in [1.807, 2.05) is 0 Å². The minimum absolute atomic E-state index is 0.903. The average Bonchev–Trinajstić information content (AvgIpc) is 3.11. The Bertz CT molecular complexity index is 2670. The van der Waals surface area contributed by atoms with Crippen LogP contribution >= 0.6 is 0 Å². The zero-order valence-corrected chi connectivity index (χ0v) is 24.4. The molecule has 0 saturated carbocycles. The van der Waals surface area contributed by atoms with Crippen LogP contribution in [0.15, 0.2) is 158 Å². The molecule has 10 rings (SSSR count). The molecule has 1 aliphatic rings. The predicted molar refractivity (Wildman–Crippen MR) is 190 cm³/mol. The van der Waals surface area contributed by atoms with E-state index in [1.165, 1.54) is 81.7 Å². The quantitative estimate of drug-likeness (QED) is 0.188. The van der Waals surface area contributed by atoms with Crippen LogP contribution in [0, 0.1) is 0 Å².